The van der Waals surface area contributed by atoms with Crippen LogP contribution in [0.15, 0.2) is 47.6 Å². The van der Waals surface area contributed by atoms with Crippen LogP contribution in [-0.4, -0.2) is 18.7 Å². The molecule has 0 heterocycles. The van der Waals surface area contributed by atoms with Gasteiger partial charge in [-0.15, -0.1) is 0 Å². The fourth-order valence-electron chi connectivity index (χ4n) is 1.98. The minimum Gasteiger partial charge on any atom is -0.493 e. The summed E-state index contributed by atoms with van der Waals surface area (Å²) >= 11 is 0. The number of nitrogens with one attached hydrogen (secondary N) is 1. The smallest absolute Gasteiger partial charge is 0.271 e. The topological polar surface area (TPSA) is 50.7 Å². The van der Waals surface area contributed by atoms with Gasteiger partial charge in [0.2, 0.25) is 0 Å². The first kappa shape index (κ1) is 15.8. The Balaban J connectivity index is 2.06. The number of hydrogen-bond donors (Lipinski definition) is 1. The van der Waals surface area contributed by atoms with E-state index in [0.717, 1.165) is 22.4 Å². The van der Waals surface area contributed by atoms with Gasteiger partial charge >= 0.3 is 0 Å². The van der Waals surface area contributed by atoms with Crippen molar-refractivity contribution in [1.82, 2.24) is 5.43 Å². The van der Waals surface area contributed by atoms with Gasteiger partial charge in [-0.3, -0.25) is 4.79 Å². The van der Waals surface area contributed by atoms with Crippen molar-refractivity contribution in [1.29, 1.82) is 0 Å². The third-order valence-electron chi connectivity index (χ3n) is 3.36. The fraction of sp³-hybridized carbons (Fsp3) is 0.222. The van der Waals surface area contributed by atoms with E-state index in [1.807, 2.05) is 57.2 Å². The van der Waals surface area contributed by atoms with E-state index in [2.05, 4.69) is 10.5 Å². The van der Waals surface area contributed by atoms with E-state index in [-0.39, 0.29) is 5.91 Å². The third kappa shape index (κ3) is 3.95. The summed E-state index contributed by atoms with van der Waals surface area (Å²) in [7, 11) is 0. The molecule has 2 rings (SSSR count). The maximum atomic E-state index is 12.1. The zero-order valence-electron chi connectivity index (χ0n) is 13.1. The Hall–Kier alpha value is -2.62. The van der Waals surface area contributed by atoms with E-state index >= 15 is 0 Å². The van der Waals surface area contributed by atoms with E-state index in [1.54, 1.807) is 12.3 Å². The molecule has 0 radical (unpaired) electrons. The minimum absolute atomic E-state index is 0.228. The number of carbonyl (C=O) groups excluding carboxylic acids is 1. The number of para-hydroxylation sites is 1. The van der Waals surface area contributed by atoms with Gasteiger partial charge in [0.25, 0.3) is 5.91 Å². The van der Waals surface area contributed by atoms with Crippen LogP contribution >= 0.6 is 0 Å². The van der Waals surface area contributed by atoms with Crippen LogP contribution in [0.5, 0.6) is 5.75 Å². The first-order valence-electron chi connectivity index (χ1n) is 7.24. The number of amides is 1. The monoisotopic (exact) mass is 296 g/mol. The highest BCUT2D eigenvalue weighted by Gasteiger charge is 2.05. The molecular weight excluding hydrogens is 276 g/mol. The van der Waals surface area contributed by atoms with Crippen LogP contribution in [0, 0.1) is 13.8 Å². The van der Waals surface area contributed by atoms with Crippen LogP contribution in [0.4, 0.5) is 0 Å². The predicted octanol–water partition coefficient (Wildman–Crippen LogP) is 3.47. The minimum atomic E-state index is -0.228. The normalized spacial score (nSPS) is 10.7. The Bertz CT molecular complexity index is 693. The van der Waals surface area contributed by atoms with Gasteiger partial charge in [-0.05, 0) is 56.2 Å². The van der Waals surface area contributed by atoms with Crippen molar-refractivity contribution >= 4 is 12.1 Å². The summed E-state index contributed by atoms with van der Waals surface area (Å²) in [4.78, 5) is 12.1. The molecule has 0 fully saturated rings. The van der Waals surface area contributed by atoms with Crippen LogP contribution in [0.25, 0.3) is 0 Å². The van der Waals surface area contributed by atoms with Gasteiger partial charge in [0, 0.05) is 11.1 Å². The second kappa shape index (κ2) is 7.41. The van der Waals surface area contributed by atoms with Crippen molar-refractivity contribution < 1.29 is 9.53 Å². The number of benzene rings is 2. The molecule has 2 aromatic rings. The summed E-state index contributed by atoms with van der Waals surface area (Å²) in [6, 6.07) is 13.1. The van der Waals surface area contributed by atoms with Gasteiger partial charge in [0.1, 0.15) is 5.75 Å². The largest absolute Gasteiger partial charge is 0.493 e. The molecule has 0 spiro atoms. The van der Waals surface area contributed by atoms with Crippen molar-refractivity contribution in [2.24, 2.45) is 5.10 Å². The Labute approximate surface area is 130 Å². The van der Waals surface area contributed by atoms with Crippen LogP contribution in [0.2, 0.25) is 0 Å². The quantitative estimate of drug-likeness (QED) is 0.678. The molecule has 0 aliphatic heterocycles. The molecule has 4 heteroatoms. The van der Waals surface area contributed by atoms with E-state index in [9.17, 15) is 4.79 Å². The summed E-state index contributed by atoms with van der Waals surface area (Å²) in [5.41, 5.74) is 6.20. The van der Waals surface area contributed by atoms with Crippen molar-refractivity contribution in [3.05, 3.63) is 64.7 Å². The van der Waals surface area contributed by atoms with Crippen molar-refractivity contribution in [2.75, 3.05) is 6.61 Å². The van der Waals surface area contributed by atoms with Gasteiger partial charge < -0.3 is 4.74 Å². The second-order valence-electron chi connectivity index (χ2n) is 4.97. The highest BCUT2D eigenvalue weighted by atomic mass is 16.5. The van der Waals surface area contributed by atoms with E-state index in [1.165, 1.54) is 0 Å². The maximum absolute atomic E-state index is 12.1. The molecule has 0 saturated carbocycles. The zero-order chi connectivity index (χ0) is 15.9. The SMILES string of the molecule is CCOc1ccccc1/C=N/NC(=O)c1ccc(C)c(C)c1. The molecule has 0 saturated heterocycles. The summed E-state index contributed by atoms with van der Waals surface area (Å²) in [6.07, 6.45) is 1.59. The highest BCUT2D eigenvalue weighted by molar-refractivity contribution is 5.95. The first-order chi connectivity index (χ1) is 10.6. The van der Waals surface area contributed by atoms with Gasteiger partial charge in [-0.25, -0.2) is 5.43 Å². The first-order valence-corrected chi connectivity index (χ1v) is 7.24. The number of ether oxygens (including phenoxy) is 1. The number of hydrogen-bond acceptors (Lipinski definition) is 3. The molecule has 0 bridgehead atoms. The van der Waals surface area contributed by atoms with Gasteiger partial charge in [0.15, 0.2) is 0 Å². The molecule has 4 nitrogen and oxygen atoms in total. The lowest BCUT2D eigenvalue weighted by atomic mass is 10.1. The number of aryl methyl sites for hydroxylation is 2. The lowest BCUT2D eigenvalue weighted by Crippen LogP contribution is -2.17. The average molecular weight is 296 g/mol. The van der Waals surface area contributed by atoms with Gasteiger partial charge in [-0.2, -0.15) is 5.10 Å². The van der Waals surface area contributed by atoms with Crippen molar-refractivity contribution in [3.8, 4) is 5.75 Å². The number of hydrazone groups is 1. The van der Waals surface area contributed by atoms with Gasteiger partial charge in [-0.1, -0.05) is 18.2 Å². The molecule has 0 aliphatic rings. The maximum Gasteiger partial charge on any atom is 0.271 e. The average Bonchev–Trinajstić information content (AvgIpc) is 2.52. The van der Waals surface area contributed by atoms with Crippen LogP contribution < -0.4 is 10.2 Å². The zero-order valence-corrected chi connectivity index (χ0v) is 13.1. The number of carbonyl (C=O) groups is 1. The molecule has 114 valence electrons. The Morgan fingerprint density at radius 3 is 2.68 bits per heavy atom. The highest BCUT2D eigenvalue weighted by Crippen LogP contribution is 2.15. The summed E-state index contributed by atoms with van der Waals surface area (Å²) in [5.74, 6) is 0.516. The molecular formula is C18H20N2O2. The summed E-state index contributed by atoms with van der Waals surface area (Å²) in [5, 5.41) is 4.01. The van der Waals surface area contributed by atoms with Crippen molar-refractivity contribution in [3.63, 3.8) is 0 Å². The molecule has 0 unspecified atom stereocenters. The Morgan fingerprint density at radius 1 is 1.18 bits per heavy atom. The van der Waals surface area contributed by atoms with Crippen LogP contribution in [0.3, 0.4) is 0 Å². The lowest BCUT2D eigenvalue weighted by molar-refractivity contribution is 0.0955. The molecule has 1 N–H and O–H groups in total. The standard InChI is InChI=1S/C18H20N2O2/c1-4-22-17-8-6-5-7-16(17)12-19-20-18(21)15-10-9-13(2)14(3)11-15/h5-12H,4H2,1-3H3,(H,20,21)/b19-12+. The predicted molar refractivity (Wildman–Crippen MR) is 88.6 cm³/mol. The van der Waals surface area contributed by atoms with E-state index < -0.39 is 0 Å². The number of rotatable bonds is 5. The Morgan fingerprint density at radius 2 is 1.95 bits per heavy atom. The molecule has 2 aromatic carbocycles. The van der Waals surface area contributed by atoms with Crippen LogP contribution in [-0.2, 0) is 0 Å². The Kier molecular flexibility index (Phi) is 5.31. The third-order valence-corrected chi connectivity index (χ3v) is 3.36. The molecule has 0 atom stereocenters. The molecule has 0 aromatic heterocycles. The molecule has 1 amide bonds. The molecule has 0 aliphatic carbocycles. The summed E-state index contributed by atoms with van der Waals surface area (Å²) in [6.45, 7) is 6.50. The van der Waals surface area contributed by atoms with Crippen LogP contribution in [0.1, 0.15) is 34.0 Å². The van der Waals surface area contributed by atoms with E-state index in [4.69, 9.17) is 4.74 Å². The fourth-order valence-corrected chi connectivity index (χ4v) is 1.98. The van der Waals surface area contributed by atoms with Crippen molar-refractivity contribution in [2.45, 2.75) is 20.8 Å². The lowest BCUT2D eigenvalue weighted by Gasteiger charge is -2.06. The van der Waals surface area contributed by atoms with Gasteiger partial charge in [0.05, 0.1) is 12.8 Å². The second-order valence-corrected chi connectivity index (χ2v) is 4.97. The summed E-state index contributed by atoms with van der Waals surface area (Å²) < 4.78 is 5.50. The molecule has 22 heavy (non-hydrogen) atoms. The van der Waals surface area contributed by atoms with E-state index in [0.29, 0.717) is 12.2 Å². The number of nitrogens with zero attached hydrogens (tertiary/aromatic N) is 1.